The second-order valence-electron chi connectivity index (χ2n) is 3.72. The van der Waals surface area contributed by atoms with E-state index in [1.807, 2.05) is 6.92 Å². The SMILES string of the molecule is CCCn1ncc(NCc2cncs2)c(Cl)c1=O. The van der Waals surface area contributed by atoms with Crippen molar-refractivity contribution >= 4 is 28.6 Å². The van der Waals surface area contributed by atoms with Crippen molar-refractivity contribution in [2.24, 2.45) is 0 Å². The van der Waals surface area contributed by atoms with Crippen molar-refractivity contribution in [2.75, 3.05) is 5.32 Å². The van der Waals surface area contributed by atoms with E-state index in [9.17, 15) is 4.79 Å². The van der Waals surface area contributed by atoms with Crippen molar-refractivity contribution in [3.8, 4) is 0 Å². The van der Waals surface area contributed by atoms with Gasteiger partial charge in [-0.15, -0.1) is 11.3 Å². The summed E-state index contributed by atoms with van der Waals surface area (Å²) in [4.78, 5) is 16.9. The molecule has 2 aromatic heterocycles. The Kier molecular flexibility index (Phi) is 4.33. The molecule has 0 saturated carbocycles. The Morgan fingerprint density at radius 1 is 1.50 bits per heavy atom. The Bertz CT molecular complexity index is 567. The number of halogens is 1. The van der Waals surface area contributed by atoms with Gasteiger partial charge >= 0.3 is 0 Å². The smallest absolute Gasteiger partial charge is 0.287 e. The average Bonchev–Trinajstić information content (AvgIpc) is 2.87. The van der Waals surface area contributed by atoms with Crippen LogP contribution in [0.2, 0.25) is 5.02 Å². The third-order valence-electron chi connectivity index (χ3n) is 2.36. The topological polar surface area (TPSA) is 59.8 Å². The molecule has 96 valence electrons. The van der Waals surface area contributed by atoms with Gasteiger partial charge in [-0.05, 0) is 6.42 Å². The number of nitrogens with one attached hydrogen (secondary N) is 1. The Morgan fingerprint density at radius 3 is 3.00 bits per heavy atom. The van der Waals surface area contributed by atoms with E-state index < -0.39 is 0 Å². The standard InChI is InChI=1S/C11H13ClN4OS/c1-2-3-16-11(17)10(12)9(6-15-16)14-5-8-4-13-7-18-8/h4,6-7,14H,2-3,5H2,1H3. The average molecular weight is 285 g/mol. The van der Waals surface area contributed by atoms with Gasteiger partial charge in [0.25, 0.3) is 5.56 Å². The van der Waals surface area contributed by atoms with Crippen LogP contribution in [0.1, 0.15) is 18.2 Å². The lowest BCUT2D eigenvalue weighted by molar-refractivity contribution is 0.568. The van der Waals surface area contributed by atoms with Crippen molar-refractivity contribution in [2.45, 2.75) is 26.4 Å². The molecule has 0 radical (unpaired) electrons. The maximum absolute atomic E-state index is 11.9. The molecule has 0 atom stereocenters. The molecule has 0 amide bonds. The Hall–Kier alpha value is -1.40. The number of anilines is 1. The first-order valence-electron chi connectivity index (χ1n) is 5.59. The number of aryl methyl sites for hydroxylation is 1. The summed E-state index contributed by atoms with van der Waals surface area (Å²) in [5.41, 5.74) is 2.06. The van der Waals surface area contributed by atoms with Gasteiger partial charge in [0.05, 0.1) is 23.9 Å². The summed E-state index contributed by atoms with van der Waals surface area (Å²) < 4.78 is 1.38. The van der Waals surface area contributed by atoms with E-state index >= 15 is 0 Å². The van der Waals surface area contributed by atoms with Crippen LogP contribution >= 0.6 is 22.9 Å². The number of hydrogen-bond donors (Lipinski definition) is 1. The van der Waals surface area contributed by atoms with Gasteiger partial charge in [0, 0.05) is 17.6 Å². The highest BCUT2D eigenvalue weighted by atomic mass is 35.5. The lowest BCUT2D eigenvalue weighted by Gasteiger charge is -2.08. The molecule has 1 N–H and O–H groups in total. The number of hydrogen-bond acceptors (Lipinski definition) is 5. The molecule has 0 aromatic carbocycles. The third kappa shape index (κ3) is 2.88. The van der Waals surface area contributed by atoms with Crippen LogP contribution in [0.3, 0.4) is 0 Å². The molecule has 0 aliphatic heterocycles. The highest BCUT2D eigenvalue weighted by molar-refractivity contribution is 7.09. The third-order valence-corrected chi connectivity index (χ3v) is 3.50. The normalized spacial score (nSPS) is 10.6. The van der Waals surface area contributed by atoms with Crippen LogP contribution in [0.4, 0.5) is 5.69 Å². The second kappa shape index (κ2) is 5.97. The molecule has 0 bridgehead atoms. The first-order valence-corrected chi connectivity index (χ1v) is 6.85. The summed E-state index contributed by atoms with van der Waals surface area (Å²) in [6.07, 6.45) is 4.20. The summed E-state index contributed by atoms with van der Waals surface area (Å²) in [6.45, 7) is 3.15. The van der Waals surface area contributed by atoms with E-state index in [2.05, 4.69) is 15.4 Å². The fourth-order valence-corrected chi connectivity index (χ4v) is 2.22. The van der Waals surface area contributed by atoms with Crippen LogP contribution in [-0.4, -0.2) is 14.8 Å². The Balaban J connectivity index is 2.14. The molecule has 2 rings (SSSR count). The van der Waals surface area contributed by atoms with E-state index in [1.165, 1.54) is 4.68 Å². The Morgan fingerprint density at radius 2 is 2.33 bits per heavy atom. The highest BCUT2D eigenvalue weighted by Crippen LogP contribution is 2.17. The summed E-state index contributed by atoms with van der Waals surface area (Å²) in [5.74, 6) is 0. The number of aromatic nitrogens is 3. The van der Waals surface area contributed by atoms with Gasteiger partial charge in [-0.1, -0.05) is 18.5 Å². The van der Waals surface area contributed by atoms with Crippen molar-refractivity contribution in [3.63, 3.8) is 0 Å². The molecule has 18 heavy (non-hydrogen) atoms. The molecule has 5 nitrogen and oxygen atoms in total. The summed E-state index contributed by atoms with van der Waals surface area (Å²) in [6, 6.07) is 0. The van der Waals surface area contributed by atoms with Crippen LogP contribution in [0, 0.1) is 0 Å². The fourth-order valence-electron chi connectivity index (χ4n) is 1.47. The molecule has 0 unspecified atom stereocenters. The lowest BCUT2D eigenvalue weighted by atomic mass is 10.4. The molecule has 0 spiro atoms. The fraction of sp³-hybridized carbons (Fsp3) is 0.364. The predicted octanol–water partition coefficient (Wildman–Crippen LogP) is 2.38. The zero-order valence-electron chi connectivity index (χ0n) is 9.89. The molecule has 7 heteroatoms. The molecule has 2 aromatic rings. The largest absolute Gasteiger partial charge is 0.377 e. The van der Waals surface area contributed by atoms with Crippen LogP contribution in [-0.2, 0) is 13.1 Å². The molecular formula is C11H13ClN4OS. The Labute approximate surface area is 113 Å². The van der Waals surface area contributed by atoms with Crippen molar-refractivity contribution in [3.05, 3.63) is 38.2 Å². The van der Waals surface area contributed by atoms with Gasteiger partial charge in [0.1, 0.15) is 5.02 Å². The lowest BCUT2D eigenvalue weighted by Crippen LogP contribution is -2.24. The first kappa shape index (κ1) is 13.0. The minimum Gasteiger partial charge on any atom is -0.377 e. The van der Waals surface area contributed by atoms with E-state index in [0.29, 0.717) is 18.8 Å². The predicted molar refractivity (Wildman–Crippen MR) is 73.2 cm³/mol. The van der Waals surface area contributed by atoms with Crippen LogP contribution in [0.15, 0.2) is 22.7 Å². The second-order valence-corrected chi connectivity index (χ2v) is 5.07. The van der Waals surface area contributed by atoms with Gasteiger partial charge in [0.2, 0.25) is 0 Å². The van der Waals surface area contributed by atoms with E-state index in [4.69, 9.17) is 11.6 Å². The van der Waals surface area contributed by atoms with E-state index in [-0.39, 0.29) is 10.6 Å². The van der Waals surface area contributed by atoms with Gasteiger partial charge < -0.3 is 5.32 Å². The monoisotopic (exact) mass is 284 g/mol. The van der Waals surface area contributed by atoms with Crippen molar-refractivity contribution in [1.29, 1.82) is 0 Å². The van der Waals surface area contributed by atoms with E-state index in [1.54, 1.807) is 29.2 Å². The quantitative estimate of drug-likeness (QED) is 0.916. The zero-order valence-corrected chi connectivity index (χ0v) is 11.5. The molecule has 0 aliphatic rings. The highest BCUT2D eigenvalue weighted by Gasteiger charge is 2.08. The minimum atomic E-state index is -0.257. The molecule has 0 saturated heterocycles. The number of rotatable bonds is 5. The van der Waals surface area contributed by atoms with Gasteiger partial charge in [-0.2, -0.15) is 5.10 Å². The molecular weight excluding hydrogens is 272 g/mol. The molecule has 0 fully saturated rings. The maximum atomic E-state index is 11.9. The van der Waals surface area contributed by atoms with Crippen molar-refractivity contribution in [1.82, 2.24) is 14.8 Å². The van der Waals surface area contributed by atoms with Crippen LogP contribution in [0.25, 0.3) is 0 Å². The minimum absolute atomic E-state index is 0.183. The molecule has 0 aliphatic carbocycles. The number of nitrogens with zero attached hydrogens (tertiary/aromatic N) is 3. The maximum Gasteiger partial charge on any atom is 0.287 e. The van der Waals surface area contributed by atoms with Crippen molar-refractivity contribution < 1.29 is 0 Å². The zero-order chi connectivity index (χ0) is 13.0. The van der Waals surface area contributed by atoms with Gasteiger partial charge in [-0.25, -0.2) is 4.68 Å². The molecule has 2 heterocycles. The first-order chi connectivity index (χ1) is 8.72. The van der Waals surface area contributed by atoms with Gasteiger partial charge in [0.15, 0.2) is 0 Å². The van der Waals surface area contributed by atoms with Gasteiger partial charge in [-0.3, -0.25) is 9.78 Å². The summed E-state index contributed by atoms with van der Waals surface area (Å²) in [5, 5.41) is 7.35. The number of thiazole rings is 1. The van der Waals surface area contributed by atoms with Crippen LogP contribution in [0.5, 0.6) is 0 Å². The van der Waals surface area contributed by atoms with Crippen LogP contribution < -0.4 is 10.9 Å². The van der Waals surface area contributed by atoms with E-state index in [0.717, 1.165) is 11.3 Å². The summed E-state index contributed by atoms with van der Waals surface area (Å²) in [7, 11) is 0. The summed E-state index contributed by atoms with van der Waals surface area (Å²) >= 11 is 7.57.